The van der Waals surface area contributed by atoms with Crippen LogP contribution in [-0.4, -0.2) is 42.9 Å². The van der Waals surface area contributed by atoms with Crippen molar-refractivity contribution in [2.45, 2.75) is 12.5 Å². The first-order valence-electron chi connectivity index (χ1n) is 7.87. The lowest BCUT2D eigenvalue weighted by atomic mass is 10.2. The molecule has 2 N–H and O–H groups in total. The number of nitrogens with one attached hydrogen (secondary N) is 2. The van der Waals surface area contributed by atoms with Crippen LogP contribution in [0.3, 0.4) is 0 Å². The lowest BCUT2D eigenvalue weighted by molar-refractivity contribution is -0.117. The van der Waals surface area contributed by atoms with Gasteiger partial charge in [0.15, 0.2) is 17.3 Å². The summed E-state index contributed by atoms with van der Waals surface area (Å²) in [7, 11) is 0. The molecule has 2 aliphatic rings. The van der Waals surface area contributed by atoms with Crippen molar-refractivity contribution >= 4 is 23.4 Å². The second kappa shape index (κ2) is 6.34. The maximum absolute atomic E-state index is 12.3. The van der Waals surface area contributed by atoms with E-state index in [1.807, 2.05) is 6.07 Å². The van der Waals surface area contributed by atoms with Crippen LogP contribution in [0.25, 0.3) is 0 Å². The quantitative estimate of drug-likeness (QED) is 0.871. The summed E-state index contributed by atoms with van der Waals surface area (Å²) in [5.41, 5.74) is 0.718. The topological polar surface area (TPSA) is 106 Å². The van der Waals surface area contributed by atoms with Gasteiger partial charge in [-0.2, -0.15) is 0 Å². The third-order valence-electron chi connectivity index (χ3n) is 3.98. The summed E-state index contributed by atoms with van der Waals surface area (Å²) in [6, 6.07) is 6.17. The van der Waals surface area contributed by atoms with Crippen molar-refractivity contribution in [3.63, 3.8) is 0 Å². The van der Waals surface area contributed by atoms with Gasteiger partial charge in [0.25, 0.3) is 0 Å². The molecule has 1 fully saturated rings. The summed E-state index contributed by atoms with van der Waals surface area (Å²) >= 11 is 0. The Kier molecular flexibility index (Phi) is 3.88. The molecule has 9 heteroatoms. The van der Waals surface area contributed by atoms with Crippen LogP contribution >= 0.6 is 0 Å². The molecule has 2 aromatic rings. The molecule has 0 bridgehead atoms. The molecule has 0 unspecified atom stereocenters. The van der Waals surface area contributed by atoms with Crippen molar-refractivity contribution in [1.29, 1.82) is 0 Å². The van der Waals surface area contributed by atoms with Gasteiger partial charge in [0.05, 0.1) is 6.04 Å². The van der Waals surface area contributed by atoms with Gasteiger partial charge >= 0.3 is 6.03 Å². The fourth-order valence-corrected chi connectivity index (χ4v) is 2.87. The minimum atomic E-state index is -0.435. The molecule has 0 aliphatic carbocycles. The predicted molar refractivity (Wildman–Crippen MR) is 86.8 cm³/mol. The Bertz CT molecular complexity index is 792. The van der Waals surface area contributed by atoms with E-state index in [1.165, 1.54) is 12.3 Å². The fraction of sp³-hybridized carbons (Fsp3) is 0.312. The normalized spacial score (nSPS) is 19.0. The highest BCUT2D eigenvalue weighted by Gasteiger charge is 2.32. The maximum atomic E-state index is 12.3. The number of anilines is 2. The van der Waals surface area contributed by atoms with E-state index in [2.05, 4.69) is 20.3 Å². The van der Waals surface area contributed by atoms with Crippen LogP contribution < -0.4 is 25.0 Å². The number of fused-ring (bicyclic) bond motifs is 1. The van der Waals surface area contributed by atoms with Crippen LogP contribution in [0.15, 0.2) is 35.1 Å². The Morgan fingerprint density at radius 2 is 2.04 bits per heavy atom. The average molecular weight is 344 g/mol. The zero-order valence-corrected chi connectivity index (χ0v) is 13.2. The van der Waals surface area contributed by atoms with E-state index >= 15 is 0 Å². The highest BCUT2D eigenvalue weighted by Crippen LogP contribution is 2.35. The highest BCUT2D eigenvalue weighted by atomic mass is 16.6. The van der Waals surface area contributed by atoms with E-state index < -0.39 is 6.03 Å². The number of aromatic nitrogens is 1. The van der Waals surface area contributed by atoms with Crippen molar-refractivity contribution in [3.8, 4) is 11.5 Å². The van der Waals surface area contributed by atoms with Crippen molar-refractivity contribution in [2.24, 2.45) is 0 Å². The Morgan fingerprint density at radius 3 is 2.84 bits per heavy atom. The number of rotatable bonds is 3. The van der Waals surface area contributed by atoms with Gasteiger partial charge in [-0.15, -0.1) is 0 Å². The van der Waals surface area contributed by atoms with Crippen LogP contribution in [0.1, 0.15) is 6.42 Å². The molecule has 0 saturated carbocycles. The number of benzene rings is 1. The number of carbonyl (C=O) groups is 2. The lowest BCUT2D eigenvalue weighted by Gasteiger charge is -2.22. The summed E-state index contributed by atoms with van der Waals surface area (Å²) in [4.78, 5) is 25.9. The average Bonchev–Trinajstić information content (AvgIpc) is 3.24. The Hall–Kier alpha value is -3.23. The van der Waals surface area contributed by atoms with Crippen LogP contribution in [0.2, 0.25) is 0 Å². The molecule has 1 aromatic carbocycles. The first-order chi connectivity index (χ1) is 12.2. The molecule has 1 atom stereocenters. The van der Waals surface area contributed by atoms with E-state index in [-0.39, 0.29) is 18.4 Å². The van der Waals surface area contributed by atoms with E-state index in [1.54, 1.807) is 17.0 Å². The molecule has 130 valence electrons. The molecular formula is C16H16N4O5. The first-order valence-corrected chi connectivity index (χ1v) is 7.87. The van der Waals surface area contributed by atoms with E-state index in [4.69, 9.17) is 9.47 Å². The molecule has 1 saturated heterocycles. The van der Waals surface area contributed by atoms with Crippen LogP contribution in [0.5, 0.6) is 11.5 Å². The number of urea groups is 1. The molecule has 3 amide bonds. The number of nitrogens with zero attached hydrogens (tertiary/aromatic N) is 2. The fourth-order valence-electron chi connectivity index (χ4n) is 2.87. The Balaban J connectivity index is 1.41. The van der Waals surface area contributed by atoms with Gasteiger partial charge in [-0.25, -0.2) is 4.79 Å². The van der Waals surface area contributed by atoms with Gasteiger partial charge in [0.1, 0.15) is 19.5 Å². The van der Waals surface area contributed by atoms with Crippen molar-refractivity contribution in [2.75, 3.05) is 30.0 Å². The van der Waals surface area contributed by atoms with E-state index in [0.29, 0.717) is 37.1 Å². The van der Waals surface area contributed by atoms with Gasteiger partial charge in [-0.05, 0) is 12.1 Å². The highest BCUT2D eigenvalue weighted by molar-refractivity contribution is 5.97. The third kappa shape index (κ3) is 3.21. The smallest absolute Gasteiger partial charge is 0.320 e. The molecule has 2 aliphatic heterocycles. The SMILES string of the molecule is O=C(Nc1ccon1)N[C@H]1CC(=O)N(c2ccc3c(c2)OCCO3)C1. The van der Waals surface area contributed by atoms with E-state index in [9.17, 15) is 9.59 Å². The number of hydrogen-bond donors (Lipinski definition) is 2. The molecule has 0 spiro atoms. The molecule has 3 heterocycles. The molecular weight excluding hydrogens is 328 g/mol. The summed E-state index contributed by atoms with van der Waals surface area (Å²) < 4.78 is 15.7. The van der Waals surface area contributed by atoms with Gasteiger partial charge in [-0.1, -0.05) is 5.16 Å². The van der Waals surface area contributed by atoms with Crippen LogP contribution in [0.4, 0.5) is 16.3 Å². The molecule has 9 nitrogen and oxygen atoms in total. The standard InChI is InChI=1S/C16H16N4O5/c21-15-7-10(17-16(22)18-14-3-4-25-19-14)9-20(15)11-1-2-12-13(8-11)24-6-5-23-12/h1-4,8,10H,5-7,9H2,(H2,17,18,19,22)/t10-/m0/s1. The summed E-state index contributed by atoms with van der Waals surface area (Å²) in [5.74, 6) is 1.54. The van der Waals surface area contributed by atoms with Crippen molar-refractivity contribution < 1.29 is 23.6 Å². The number of amides is 3. The molecule has 25 heavy (non-hydrogen) atoms. The minimum absolute atomic E-state index is 0.0663. The van der Waals surface area contributed by atoms with Gasteiger partial charge in [-0.3, -0.25) is 10.1 Å². The predicted octanol–water partition coefficient (Wildman–Crippen LogP) is 1.37. The van der Waals surface area contributed by atoms with Crippen LogP contribution in [-0.2, 0) is 4.79 Å². The lowest BCUT2D eigenvalue weighted by Crippen LogP contribution is -2.39. The summed E-state index contributed by atoms with van der Waals surface area (Å²) in [5, 5.41) is 8.90. The summed E-state index contributed by atoms with van der Waals surface area (Å²) in [6.45, 7) is 1.38. The van der Waals surface area contributed by atoms with Gasteiger partial charge < -0.3 is 24.2 Å². The number of carbonyl (C=O) groups excluding carboxylic acids is 2. The number of ether oxygens (including phenoxy) is 2. The first kappa shape index (κ1) is 15.3. The zero-order valence-electron chi connectivity index (χ0n) is 13.2. The van der Waals surface area contributed by atoms with Crippen molar-refractivity contribution in [1.82, 2.24) is 10.5 Å². The molecule has 0 radical (unpaired) electrons. The largest absolute Gasteiger partial charge is 0.486 e. The van der Waals surface area contributed by atoms with Gasteiger partial charge in [0, 0.05) is 30.8 Å². The van der Waals surface area contributed by atoms with E-state index in [0.717, 1.165) is 5.69 Å². The summed E-state index contributed by atoms with van der Waals surface area (Å²) in [6.07, 6.45) is 1.58. The number of hydrogen-bond acceptors (Lipinski definition) is 6. The maximum Gasteiger partial charge on any atom is 0.320 e. The zero-order chi connectivity index (χ0) is 17.2. The van der Waals surface area contributed by atoms with Crippen molar-refractivity contribution in [3.05, 3.63) is 30.5 Å². The Morgan fingerprint density at radius 1 is 1.20 bits per heavy atom. The minimum Gasteiger partial charge on any atom is -0.486 e. The Labute approximate surface area is 142 Å². The monoisotopic (exact) mass is 344 g/mol. The second-order valence-corrected chi connectivity index (χ2v) is 5.72. The molecule has 1 aromatic heterocycles. The molecule has 4 rings (SSSR count). The van der Waals surface area contributed by atoms with Crippen LogP contribution in [0, 0.1) is 0 Å². The third-order valence-corrected chi connectivity index (χ3v) is 3.98. The second-order valence-electron chi connectivity index (χ2n) is 5.72. The van der Waals surface area contributed by atoms with Gasteiger partial charge in [0.2, 0.25) is 5.91 Å².